The van der Waals surface area contributed by atoms with Crippen molar-refractivity contribution in [2.45, 2.75) is 51.9 Å². The van der Waals surface area contributed by atoms with Gasteiger partial charge in [0.25, 0.3) is 0 Å². The lowest BCUT2D eigenvalue weighted by atomic mass is 10.1. The van der Waals surface area contributed by atoms with Crippen molar-refractivity contribution in [2.24, 2.45) is 11.8 Å². The summed E-state index contributed by atoms with van der Waals surface area (Å²) in [6.07, 6.45) is 8.07. The molecular weight excluding hydrogens is 164 g/mol. The number of hydrogen-bond donors (Lipinski definition) is 1. The van der Waals surface area contributed by atoms with E-state index in [0.717, 1.165) is 5.92 Å². The largest absolute Gasteiger partial charge is 0.481 e. The molecule has 0 spiro atoms. The van der Waals surface area contributed by atoms with Crippen LogP contribution in [-0.2, 0) is 4.79 Å². The summed E-state index contributed by atoms with van der Waals surface area (Å²) < 4.78 is 0. The molecule has 1 aliphatic rings. The zero-order chi connectivity index (χ0) is 9.68. The molecule has 1 fully saturated rings. The van der Waals surface area contributed by atoms with E-state index >= 15 is 0 Å². The predicted octanol–water partition coefficient (Wildman–Crippen LogP) is 3.07. The quantitative estimate of drug-likeness (QED) is 0.617. The summed E-state index contributed by atoms with van der Waals surface area (Å²) in [6, 6.07) is 0. The highest BCUT2D eigenvalue weighted by molar-refractivity contribution is 5.67. The molecule has 2 nitrogen and oxygen atoms in total. The zero-order valence-electron chi connectivity index (χ0n) is 8.46. The fourth-order valence-electron chi connectivity index (χ4n) is 1.97. The highest BCUT2D eigenvalue weighted by atomic mass is 16.4. The zero-order valence-corrected chi connectivity index (χ0v) is 8.46. The van der Waals surface area contributed by atoms with E-state index in [0.29, 0.717) is 12.3 Å². The van der Waals surface area contributed by atoms with Gasteiger partial charge in [0.2, 0.25) is 0 Å². The molecule has 1 saturated carbocycles. The minimum Gasteiger partial charge on any atom is -0.481 e. The van der Waals surface area contributed by atoms with Gasteiger partial charge < -0.3 is 5.11 Å². The highest BCUT2D eigenvalue weighted by Crippen LogP contribution is 2.44. The number of carbonyl (C=O) groups is 1. The van der Waals surface area contributed by atoms with Crippen LogP contribution in [0.3, 0.4) is 0 Å². The van der Waals surface area contributed by atoms with Crippen LogP contribution in [-0.4, -0.2) is 11.1 Å². The summed E-state index contributed by atoms with van der Waals surface area (Å²) in [5.74, 6) is 0.633. The topological polar surface area (TPSA) is 37.3 Å². The Morgan fingerprint density at radius 2 is 2.08 bits per heavy atom. The van der Waals surface area contributed by atoms with E-state index in [1.54, 1.807) is 0 Å². The van der Waals surface area contributed by atoms with Gasteiger partial charge in [-0.2, -0.15) is 0 Å². The van der Waals surface area contributed by atoms with Crippen LogP contribution in [0.2, 0.25) is 0 Å². The minimum absolute atomic E-state index is 0.401. The number of rotatable bonds is 7. The first-order valence-electron chi connectivity index (χ1n) is 5.45. The van der Waals surface area contributed by atoms with Gasteiger partial charge in [0.1, 0.15) is 0 Å². The van der Waals surface area contributed by atoms with Gasteiger partial charge in [0, 0.05) is 6.42 Å². The second-order valence-electron chi connectivity index (χ2n) is 4.20. The first-order valence-corrected chi connectivity index (χ1v) is 5.45. The summed E-state index contributed by atoms with van der Waals surface area (Å²) in [4.78, 5) is 10.4. The normalized spacial score (nSPS) is 25.9. The molecule has 0 heterocycles. The van der Waals surface area contributed by atoms with Crippen molar-refractivity contribution in [3.63, 3.8) is 0 Å². The average Bonchev–Trinajstić information content (AvgIpc) is 2.76. The van der Waals surface area contributed by atoms with Crippen LogP contribution in [0.4, 0.5) is 0 Å². The molecule has 1 aliphatic carbocycles. The van der Waals surface area contributed by atoms with Crippen molar-refractivity contribution >= 4 is 5.97 Å². The van der Waals surface area contributed by atoms with Gasteiger partial charge in [-0.3, -0.25) is 4.79 Å². The highest BCUT2D eigenvalue weighted by Gasteiger charge is 2.37. The molecule has 0 bridgehead atoms. The molecule has 76 valence electrons. The van der Waals surface area contributed by atoms with Crippen molar-refractivity contribution < 1.29 is 9.90 Å². The third kappa shape index (κ3) is 4.30. The maximum absolute atomic E-state index is 10.4. The van der Waals surface area contributed by atoms with Gasteiger partial charge in [-0.05, 0) is 18.3 Å². The Bertz CT molecular complexity index is 165. The van der Waals surface area contributed by atoms with E-state index in [1.807, 2.05) is 0 Å². The van der Waals surface area contributed by atoms with Gasteiger partial charge in [0.15, 0.2) is 0 Å². The van der Waals surface area contributed by atoms with Gasteiger partial charge >= 0.3 is 5.97 Å². The van der Waals surface area contributed by atoms with Gasteiger partial charge in [-0.1, -0.05) is 39.0 Å². The number of unbranched alkanes of at least 4 members (excludes halogenated alkanes) is 3. The predicted molar refractivity (Wildman–Crippen MR) is 52.6 cm³/mol. The monoisotopic (exact) mass is 184 g/mol. The summed E-state index contributed by atoms with van der Waals surface area (Å²) >= 11 is 0. The first-order chi connectivity index (χ1) is 6.24. The number of carboxylic acids is 1. The maximum Gasteiger partial charge on any atom is 0.303 e. The van der Waals surface area contributed by atoms with Crippen LogP contribution in [0.5, 0.6) is 0 Å². The third-order valence-electron chi connectivity index (χ3n) is 2.93. The van der Waals surface area contributed by atoms with E-state index < -0.39 is 5.97 Å². The van der Waals surface area contributed by atoms with E-state index in [4.69, 9.17) is 5.11 Å². The minimum atomic E-state index is -0.624. The second kappa shape index (κ2) is 5.25. The molecule has 2 atom stereocenters. The van der Waals surface area contributed by atoms with Crippen molar-refractivity contribution in [2.75, 3.05) is 0 Å². The van der Waals surface area contributed by atoms with Crippen molar-refractivity contribution in [1.82, 2.24) is 0 Å². The standard InChI is InChI=1S/C11H20O2/c1-2-3-4-5-6-9-7-10(9)8-11(12)13/h9-10H,2-8H2,1H3,(H,12,13)/t9-,10+/m0/s1. The van der Waals surface area contributed by atoms with Crippen LogP contribution in [0.25, 0.3) is 0 Å². The Morgan fingerprint density at radius 1 is 1.31 bits per heavy atom. The van der Waals surface area contributed by atoms with Crippen LogP contribution in [0.15, 0.2) is 0 Å². The van der Waals surface area contributed by atoms with E-state index in [2.05, 4.69) is 6.92 Å². The Labute approximate surface area is 80.3 Å². The lowest BCUT2D eigenvalue weighted by molar-refractivity contribution is -0.137. The lowest BCUT2D eigenvalue weighted by Gasteiger charge is -1.98. The summed E-state index contributed by atoms with van der Waals surface area (Å²) in [5, 5.41) is 8.55. The molecule has 0 amide bonds. The molecule has 1 N–H and O–H groups in total. The summed E-state index contributed by atoms with van der Waals surface area (Å²) in [5.41, 5.74) is 0. The first kappa shape index (κ1) is 10.6. The molecule has 0 aromatic rings. The van der Waals surface area contributed by atoms with Crippen LogP contribution in [0, 0.1) is 11.8 Å². The van der Waals surface area contributed by atoms with Crippen molar-refractivity contribution in [3.8, 4) is 0 Å². The molecule has 0 aliphatic heterocycles. The van der Waals surface area contributed by atoms with Crippen LogP contribution < -0.4 is 0 Å². The van der Waals surface area contributed by atoms with Gasteiger partial charge in [-0.15, -0.1) is 0 Å². The molecule has 2 heteroatoms. The fraction of sp³-hybridized carbons (Fsp3) is 0.909. The van der Waals surface area contributed by atoms with Gasteiger partial charge in [0.05, 0.1) is 0 Å². The van der Waals surface area contributed by atoms with E-state index in [9.17, 15) is 4.79 Å². The SMILES string of the molecule is CCCCCC[C@H]1C[C@@H]1CC(=O)O. The maximum atomic E-state index is 10.4. The smallest absolute Gasteiger partial charge is 0.303 e. The molecule has 0 aromatic heterocycles. The summed E-state index contributed by atoms with van der Waals surface area (Å²) in [7, 11) is 0. The van der Waals surface area contributed by atoms with Crippen LogP contribution in [0.1, 0.15) is 51.9 Å². The van der Waals surface area contributed by atoms with Crippen LogP contribution >= 0.6 is 0 Å². The summed E-state index contributed by atoms with van der Waals surface area (Å²) in [6.45, 7) is 2.21. The average molecular weight is 184 g/mol. The van der Waals surface area contributed by atoms with Gasteiger partial charge in [-0.25, -0.2) is 0 Å². The molecule has 0 unspecified atom stereocenters. The molecular formula is C11H20O2. The number of aliphatic carboxylic acids is 1. The molecule has 0 aromatic carbocycles. The molecule has 0 radical (unpaired) electrons. The van der Waals surface area contributed by atoms with E-state index in [1.165, 1.54) is 38.5 Å². The fourth-order valence-corrected chi connectivity index (χ4v) is 1.97. The molecule has 13 heavy (non-hydrogen) atoms. The Balaban J connectivity index is 1.92. The lowest BCUT2D eigenvalue weighted by Crippen LogP contribution is -1.96. The Morgan fingerprint density at radius 3 is 2.69 bits per heavy atom. The van der Waals surface area contributed by atoms with Crippen molar-refractivity contribution in [3.05, 3.63) is 0 Å². The number of carboxylic acid groups (broad SMARTS) is 1. The second-order valence-corrected chi connectivity index (χ2v) is 4.20. The van der Waals surface area contributed by atoms with Crippen molar-refractivity contribution in [1.29, 1.82) is 0 Å². The van der Waals surface area contributed by atoms with E-state index in [-0.39, 0.29) is 0 Å². The Kier molecular flexibility index (Phi) is 4.26. The Hall–Kier alpha value is -0.530. The number of hydrogen-bond acceptors (Lipinski definition) is 1. The third-order valence-corrected chi connectivity index (χ3v) is 2.93. The molecule has 0 saturated heterocycles. The molecule has 1 rings (SSSR count).